The van der Waals surface area contributed by atoms with Crippen LogP contribution in [0.25, 0.3) is 0 Å². The van der Waals surface area contributed by atoms with E-state index in [2.05, 4.69) is 5.32 Å². The Morgan fingerprint density at radius 2 is 1.66 bits per heavy atom. The molecule has 0 aliphatic heterocycles. The molecule has 2 unspecified atom stereocenters. The fraction of sp³-hybridized carbons (Fsp3) is 0.520. The summed E-state index contributed by atoms with van der Waals surface area (Å²) in [6.45, 7) is 3.90. The first-order valence-electron chi connectivity index (χ1n) is 11.3. The van der Waals surface area contributed by atoms with Gasteiger partial charge in [0.15, 0.2) is 11.5 Å². The molecule has 0 fully saturated rings. The monoisotopic (exact) mass is 572 g/mol. The third kappa shape index (κ3) is 7.65. The van der Waals surface area contributed by atoms with Crippen LogP contribution in [0.2, 0.25) is 0 Å². The van der Waals surface area contributed by atoms with Gasteiger partial charge in [-0.15, -0.1) is 34.0 Å². The van der Waals surface area contributed by atoms with E-state index in [-0.39, 0.29) is 57.4 Å². The number of unbranched alkanes of at least 4 members (excludes halogenated alkanes) is 3. The van der Waals surface area contributed by atoms with Crippen LogP contribution in [-0.4, -0.2) is 34.5 Å². The van der Waals surface area contributed by atoms with E-state index in [1.807, 2.05) is 25.1 Å². The molecule has 5 nitrogen and oxygen atoms in total. The van der Waals surface area contributed by atoms with Gasteiger partial charge >= 0.3 is 0 Å². The van der Waals surface area contributed by atoms with E-state index in [0.29, 0.717) is 5.75 Å². The topological polar surface area (TPSA) is 98.7 Å². The maximum Gasteiger partial charge on any atom is 0.160 e. The Morgan fingerprint density at radius 3 is 2.41 bits per heavy atom. The van der Waals surface area contributed by atoms with Gasteiger partial charge in [-0.1, -0.05) is 37.5 Å². The summed E-state index contributed by atoms with van der Waals surface area (Å²) in [5.74, 6) is 0.639. The first kappa shape index (κ1) is 28.8. The number of fused-ring (bicyclic) bond motifs is 1. The van der Waals surface area contributed by atoms with Gasteiger partial charge < -0.3 is 26.4 Å². The molecule has 0 bridgehead atoms. The zero-order chi connectivity index (χ0) is 21.5. The van der Waals surface area contributed by atoms with Crippen LogP contribution in [0.5, 0.6) is 17.2 Å². The molecule has 0 saturated heterocycles. The van der Waals surface area contributed by atoms with E-state index in [4.69, 9.17) is 5.73 Å². The number of aryl methyl sites for hydroxylation is 1. The molecule has 0 amide bonds. The van der Waals surface area contributed by atoms with Crippen molar-refractivity contribution in [2.75, 3.05) is 13.1 Å². The van der Waals surface area contributed by atoms with Gasteiger partial charge in [-0.25, -0.2) is 0 Å². The van der Waals surface area contributed by atoms with Gasteiger partial charge in [-0.2, -0.15) is 0 Å². The molecule has 1 aliphatic rings. The van der Waals surface area contributed by atoms with Crippen molar-refractivity contribution in [3.8, 4) is 17.2 Å². The predicted molar refractivity (Wildman–Crippen MR) is 142 cm³/mol. The Balaban J connectivity index is 0.00000256. The lowest BCUT2D eigenvalue weighted by molar-refractivity contribution is 0.380. The van der Waals surface area contributed by atoms with Gasteiger partial charge in [0.1, 0.15) is 5.75 Å². The van der Waals surface area contributed by atoms with Crippen molar-refractivity contribution in [2.45, 2.75) is 70.3 Å². The van der Waals surface area contributed by atoms with Crippen molar-refractivity contribution in [2.24, 2.45) is 5.73 Å². The highest BCUT2D eigenvalue weighted by Crippen LogP contribution is 2.42. The van der Waals surface area contributed by atoms with Crippen LogP contribution < -0.4 is 11.1 Å². The van der Waals surface area contributed by atoms with Crippen LogP contribution in [-0.2, 0) is 12.8 Å². The Morgan fingerprint density at radius 1 is 0.938 bits per heavy atom. The lowest BCUT2D eigenvalue weighted by Gasteiger charge is -2.32. The van der Waals surface area contributed by atoms with E-state index >= 15 is 0 Å². The van der Waals surface area contributed by atoms with Crippen molar-refractivity contribution in [1.29, 1.82) is 0 Å². The summed E-state index contributed by atoms with van der Waals surface area (Å²) in [5.41, 5.74) is 10.6. The Hall–Kier alpha value is -1.28. The van der Waals surface area contributed by atoms with Crippen LogP contribution in [0, 0.1) is 6.92 Å². The van der Waals surface area contributed by atoms with Gasteiger partial charge in [0.2, 0.25) is 0 Å². The number of phenolic OH excluding ortho intramolecular Hbond substituents is 3. The van der Waals surface area contributed by atoms with Crippen LogP contribution in [0.4, 0.5) is 0 Å². The zero-order valence-electron chi connectivity index (χ0n) is 18.8. The number of aromatic hydroxyl groups is 3. The minimum atomic E-state index is -0.0315. The van der Waals surface area contributed by atoms with Crippen LogP contribution in [0.15, 0.2) is 30.3 Å². The highest BCUT2D eigenvalue weighted by molar-refractivity contribution is 8.93. The SMILES string of the molecule is Br.Br.Cc1cc(CCNCCCCCCC2c3ccc(O)c(O)c3CCC2N)ccc1O. The summed E-state index contributed by atoms with van der Waals surface area (Å²) in [6.07, 6.45) is 8.28. The molecule has 2 aromatic carbocycles. The molecule has 3 rings (SSSR count). The van der Waals surface area contributed by atoms with Gasteiger partial charge in [-0.3, -0.25) is 0 Å². The number of hydrogen-bond donors (Lipinski definition) is 5. The molecule has 0 aromatic heterocycles. The predicted octanol–water partition coefficient (Wildman–Crippen LogP) is 5.41. The second-order valence-corrected chi connectivity index (χ2v) is 8.63. The lowest BCUT2D eigenvalue weighted by Crippen LogP contribution is -2.33. The van der Waals surface area contributed by atoms with E-state index in [1.165, 1.54) is 18.4 Å². The average molecular weight is 574 g/mol. The number of halogens is 2. The quantitative estimate of drug-likeness (QED) is 0.193. The first-order chi connectivity index (χ1) is 14.5. The highest BCUT2D eigenvalue weighted by atomic mass is 79.9. The van der Waals surface area contributed by atoms with Crippen LogP contribution in [0.1, 0.15) is 66.7 Å². The summed E-state index contributed by atoms with van der Waals surface area (Å²) in [5, 5.41) is 33.0. The first-order valence-corrected chi connectivity index (χ1v) is 11.3. The molecule has 0 spiro atoms. The molecule has 0 saturated carbocycles. The van der Waals surface area contributed by atoms with Gasteiger partial charge in [-0.05, 0) is 86.9 Å². The standard InChI is InChI=1S/C25H36N2O3.2BrH/c1-17-16-18(7-11-23(17)28)13-15-27-14-5-3-2-4-6-20-19-9-12-24(29)25(30)21(19)8-10-22(20)26;;/h7,9,11-12,16,20,22,27-30H,2-6,8,10,13-15,26H2,1H3;2*1H. The molecule has 2 atom stereocenters. The number of hydrogen-bond acceptors (Lipinski definition) is 5. The fourth-order valence-electron chi connectivity index (χ4n) is 4.56. The maximum atomic E-state index is 10.1. The van der Waals surface area contributed by atoms with Crippen molar-refractivity contribution in [1.82, 2.24) is 5.32 Å². The third-order valence-corrected chi connectivity index (χ3v) is 6.41. The molecular weight excluding hydrogens is 536 g/mol. The third-order valence-electron chi connectivity index (χ3n) is 6.41. The van der Waals surface area contributed by atoms with Gasteiger partial charge in [0.05, 0.1) is 0 Å². The highest BCUT2D eigenvalue weighted by Gasteiger charge is 2.29. The van der Waals surface area contributed by atoms with Crippen molar-refractivity contribution in [3.63, 3.8) is 0 Å². The van der Waals surface area contributed by atoms with E-state index in [1.54, 1.807) is 12.1 Å². The second kappa shape index (κ2) is 14.1. The van der Waals surface area contributed by atoms with Crippen molar-refractivity contribution in [3.05, 3.63) is 52.6 Å². The molecule has 6 N–H and O–H groups in total. The summed E-state index contributed by atoms with van der Waals surface area (Å²) in [4.78, 5) is 0. The zero-order valence-corrected chi connectivity index (χ0v) is 22.3. The number of nitrogens with two attached hydrogens (primary N) is 1. The molecular formula is C25H38Br2N2O3. The van der Waals surface area contributed by atoms with Gasteiger partial charge in [0.25, 0.3) is 0 Å². The normalized spacial score (nSPS) is 17.2. The van der Waals surface area contributed by atoms with Crippen LogP contribution in [0.3, 0.4) is 0 Å². The minimum absolute atomic E-state index is 0. The van der Waals surface area contributed by atoms with Crippen molar-refractivity contribution >= 4 is 34.0 Å². The number of nitrogens with one attached hydrogen (secondary N) is 1. The molecule has 180 valence electrons. The molecule has 2 aromatic rings. The molecule has 0 radical (unpaired) electrons. The smallest absolute Gasteiger partial charge is 0.160 e. The molecule has 1 aliphatic carbocycles. The molecule has 32 heavy (non-hydrogen) atoms. The second-order valence-electron chi connectivity index (χ2n) is 8.63. The Kier molecular flexibility index (Phi) is 12.7. The fourth-order valence-corrected chi connectivity index (χ4v) is 4.56. The largest absolute Gasteiger partial charge is 0.508 e. The number of phenols is 3. The summed E-state index contributed by atoms with van der Waals surface area (Å²) < 4.78 is 0. The number of rotatable bonds is 10. The lowest BCUT2D eigenvalue weighted by atomic mass is 9.76. The van der Waals surface area contributed by atoms with E-state index in [0.717, 1.165) is 68.3 Å². The minimum Gasteiger partial charge on any atom is -0.508 e. The van der Waals surface area contributed by atoms with E-state index < -0.39 is 0 Å². The summed E-state index contributed by atoms with van der Waals surface area (Å²) >= 11 is 0. The van der Waals surface area contributed by atoms with Crippen molar-refractivity contribution < 1.29 is 15.3 Å². The number of benzene rings is 2. The summed E-state index contributed by atoms with van der Waals surface area (Å²) in [7, 11) is 0. The average Bonchev–Trinajstić information content (AvgIpc) is 2.73. The maximum absolute atomic E-state index is 10.1. The molecule has 0 heterocycles. The van der Waals surface area contributed by atoms with Gasteiger partial charge in [0, 0.05) is 11.6 Å². The van der Waals surface area contributed by atoms with Crippen LogP contribution >= 0.6 is 34.0 Å². The summed E-state index contributed by atoms with van der Waals surface area (Å²) in [6, 6.07) is 9.46. The molecule has 7 heteroatoms. The Labute approximate surface area is 213 Å². The Bertz CT molecular complexity index is 848. The van der Waals surface area contributed by atoms with E-state index in [9.17, 15) is 15.3 Å².